The lowest BCUT2D eigenvalue weighted by Gasteiger charge is -2.21. The van der Waals surface area contributed by atoms with Crippen molar-refractivity contribution in [3.8, 4) is 0 Å². The van der Waals surface area contributed by atoms with E-state index in [-0.39, 0.29) is 35.6 Å². The Labute approximate surface area is 163 Å². The smallest absolute Gasteiger partial charge is 0.307 e. The van der Waals surface area contributed by atoms with Gasteiger partial charge in [-0.2, -0.15) is 0 Å². The van der Waals surface area contributed by atoms with E-state index in [0.717, 1.165) is 3.57 Å². The van der Waals surface area contributed by atoms with Crippen LogP contribution in [0.1, 0.15) is 30.6 Å². The summed E-state index contributed by atoms with van der Waals surface area (Å²) < 4.78 is 5.75. The molecule has 0 heterocycles. The molecule has 8 heteroatoms. The van der Waals surface area contributed by atoms with Gasteiger partial charge in [-0.15, -0.1) is 0 Å². The third-order valence-electron chi connectivity index (χ3n) is 3.21. The van der Waals surface area contributed by atoms with Crippen LogP contribution in [-0.4, -0.2) is 42.8 Å². The summed E-state index contributed by atoms with van der Waals surface area (Å²) in [5, 5.41) is 2.93. The summed E-state index contributed by atoms with van der Waals surface area (Å²) >= 11 is 5.23. The molecule has 0 fully saturated rings. The van der Waals surface area contributed by atoms with E-state index in [2.05, 4.69) is 43.8 Å². The predicted octanol–water partition coefficient (Wildman–Crippen LogP) is 2.72. The normalized spacial score (nSPS) is 11.5. The first kappa shape index (κ1) is 20.9. The van der Waals surface area contributed by atoms with E-state index in [1.807, 2.05) is 6.07 Å². The van der Waals surface area contributed by atoms with Crippen molar-refractivity contribution in [2.75, 3.05) is 23.9 Å². The molecule has 132 valence electrons. The summed E-state index contributed by atoms with van der Waals surface area (Å²) in [6.45, 7) is 3.77. The van der Waals surface area contributed by atoms with Gasteiger partial charge in [-0.05, 0) is 54.6 Å². The molecule has 0 aliphatic carbocycles. The molecule has 1 aromatic rings. The van der Waals surface area contributed by atoms with Gasteiger partial charge >= 0.3 is 5.97 Å². The van der Waals surface area contributed by atoms with E-state index in [4.69, 9.17) is 4.74 Å². The van der Waals surface area contributed by atoms with E-state index >= 15 is 0 Å². The zero-order chi connectivity index (χ0) is 18.3. The molecule has 0 bridgehead atoms. The van der Waals surface area contributed by atoms with Crippen molar-refractivity contribution in [2.45, 2.75) is 26.3 Å². The van der Waals surface area contributed by atoms with Gasteiger partial charge in [-0.1, -0.05) is 15.9 Å². The topological polar surface area (TPSA) is 75.7 Å². The maximum Gasteiger partial charge on any atom is 0.307 e. The number of carbonyl (C=O) groups excluding carboxylic acids is 3. The van der Waals surface area contributed by atoms with E-state index in [1.165, 1.54) is 4.90 Å². The number of hydrogen-bond donors (Lipinski definition) is 1. The Kier molecular flexibility index (Phi) is 8.68. The minimum absolute atomic E-state index is 0.0923. The van der Waals surface area contributed by atoms with Crippen LogP contribution in [0.5, 0.6) is 0 Å². The van der Waals surface area contributed by atoms with Crippen LogP contribution in [0, 0.1) is 3.57 Å². The van der Waals surface area contributed by atoms with Crippen molar-refractivity contribution >= 4 is 62.0 Å². The number of halogens is 2. The minimum Gasteiger partial charge on any atom is -0.466 e. The molecule has 24 heavy (non-hydrogen) atoms. The zero-order valence-electron chi connectivity index (χ0n) is 13.8. The van der Waals surface area contributed by atoms with Crippen molar-refractivity contribution in [2.24, 2.45) is 0 Å². The largest absolute Gasteiger partial charge is 0.466 e. The fourth-order valence-electron chi connectivity index (χ4n) is 2.03. The Morgan fingerprint density at radius 1 is 1.38 bits per heavy atom. The fraction of sp³-hybridized carbons (Fsp3) is 0.438. The molecule has 1 rings (SSSR count). The van der Waals surface area contributed by atoms with E-state index in [9.17, 15) is 14.4 Å². The van der Waals surface area contributed by atoms with Gasteiger partial charge in [0, 0.05) is 16.7 Å². The number of anilines is 1. The first-order chi connectivity index (χ1) is 11.3. The van der Waals surface area contributed by atoms with Gasteiger partial charge in [0.15, 0.2) is 0 Å². The SMILES string of the molecule is CCOC(=O)C[C@@H](C)NC(=O)c1cc(I)ccc1N(C)C(=O)CBr. The maximum absolute atomic E-state index is 12.6. The molecule has 0 spiro atoms. The van der Waals surface area contributed by atoms with Crippen LogP contribution in [0.25, 0.3) is 0 Å². The van der Waals surface area contributed by atoms with Gasteiger partial charge in [0.1, 0.15) is 0 Å². The number of rotatable bonds is 7. The second kappa shape index (κ2) is 9.97. The number of nitrogens with zero attached hydrogens (tertiary/aromatic N) is 1. The molecule has 1 aromatic carbocycles. The summed E-state index contributed by atoms with van der Waals surface area (Å²) in [5.41, 5.74) is 0.898. The van der Waals surface area contributed by atoms with Crippen LogP contribution in [-0.2, 0) is 14.3 Å². The van der Waals surface area contributed by atoms with Gasteiger partial charge < -0.3 is 15.0 Å². The van der Waals surface area contributed by atoms with E-state index < -0.39 is 0 Å². The lowest BCUT2D eigenvalue weighted by molar-refractivity contribution is -0.143. The summed E-state index contributed by atoms with van der Waals surface area (Å²) in [4.78, 5) is 37.4. The molecule has 0 saturated carbocycles. The van der Waals surface area contributed by atoms with Crippen LogP contribution in [0.4, 0.5) is 5.69 Å². The van der Waals surface area contributed by atoms with Gasteiger partial charge in [0.2, 0.25) is 5.91 Å². The highest BCUT2D eigenvalue weighted by Crippen LogP contribution is 2.23. The van der Waals surface area contributed by atoms with Crippen molar-refractivity contribution in [1.82, 2.24) is 5.32 Å². The average Bonchev–Trinajstić information content (AvgIpc) is 2.53. The van der Waals surface area contributed by atoms with Crippen LogP contribution < -0.4 is 10.2 Å². The summed E-state index contributed by atoms with van der Waals surface area (Å²) in [7, 11) is 1.62. The highest BCUT2D eigenvalue weighted by Gasteiger charge is 2.20. The first-order valence-corrected chi connectivity index (χ1v) is 9.58. The lowest BCUT2D eigenvalue weighted by Crippen LogP contribution is -2.36. The van der Waals surface area contributed by atoms with Gasteiger partial charge in [0.05, 0.1) is 29.6 Å². The maximum atomic E-state index is 12.6. The average molecular weight is 511 g/mol. The Hall–Kier alpha value is -1.16. The first-order valence-electron chi connectivity index (χ1n) is 7.38. The number of amides is 2. The number of carbonyl (C=O) groups is 3. The van der Waals surface area contributed by atoms with Gasteiger partial charge in [0.25, 0.3) is 5.91 Å². The van der Waals surface area contributed by atoms with Crippen LogP contribution >= 0.6 is 38.5 Å². The number of esters is 1. The molecule has 0 aliphatic heterocycles. The molecule has 1 N–H and O–H groups in total. The van der Waals surface area contributed by atoms with Crippen molar-refractivity contribution < 1.29 is 19.1 Å². The standard InChI is InChI=1S/C16H20BrIN2O4/c1-4-24-15(22)7-10(2)19-16(23)12-8-11(18)5-6-13(12)20(3)14(21)9-17/h5-6,8,10H,4,7,9H2,1-3H3,(H,19,23)/t10-/m1/s1. The second-order valence-corrected chi connectivity index (χ2v) is 6.94. The quantitative estimate of drug-likeness (QED) is 0.347. The van der Waals surface area contributed by atoms with Crippen molar-refractivity contribution in [3.05, 3.63) is 27.3 Å². The number of hydrogen-bond acceptors (Lipinski definition) is 4. The number of alkyl halides is 1. The molecule has 1 atom stereocenters. The molecule has 0 radical (unpaired) electrons. The summed E-state index contributed by atoms with van der Waals surface area (Å²) in [5.74, 6) is -0.862. The molecule has 0 aromatic heterocycles. The number of benzene rings is 1. The molecule has 6 nitrogen and oxygen atoms in total. The third-order valence-corrected chi connectivity index (χ3v) is 4.36. The fourth-order valence-corrected chi connectivity index (χ4v) is 2.90. The Morgan fingerprint density at radius 3 is 2.62 bits per heavy atom. The second-order valence-electron chi connectivity index (χ2n) is 5.13. The van der Waals surface area contributed by atoms with Crippen LogP contribution in [0.3, 0.4) is 0 Å². The summed E-state index contributed by atoms with van der Waals surface area (Å²) in [6.07, 6.45) is 0.0923. The van der Waals surface area contributed by atoms with Crippen molar-refractivity contribution in [1.29, 1.82) is 0 Å². The molecular formula is C16H20BrIN2O4. The van der Waals surface area contributed by atoms with Crippen LogP contribution in [0.2, 0.25) is 0 Å². The molecule has 0 unspecified atom stereocenters. The van der Waals surface area contributed by atoms with E-state index in [1.54, 1.807) is 33.0 Å². The molecule has 0 saturated heterocycles. The highest BCUT2D eigenvalue weighted by atomic mass is 127. The highest BCUT2D eigenvalue weighted by molar-refractivity contribution is 14.1. The molecule has 2 amide bonds. The third kappa shape index (κ3) is 6.04. The number of ether oxygens (including phenoxy) is 1. The Morgan fingerprint density at radius 2 is 2.04 bits per heavy atom. The predicted molar refractivity (Wildman–Crippen MR) is 105 cm³/mol. The Bertz CT molecular complexity index is 624. The zero-order valence-corrected chi connectivity index (χ0v) is 17.5. The number of nitrogens with one attached hydrogen (secondary N) is 1. The summed E-state index contributed by atoms with van der Waals surface area (Å²) in [6, 6.07) is 4.89. The van der Waals surface area contributed by atoms with Gasteiger partial charge in [-0.3, -0.25) is 14.4 Å². The van der Waals surface area contributed by atoms with Gasteiger partial charge in [-0.25, -0.2) is 0 Å². The van der Waals surface area contributed by atoms with E-state index in [0.29, 0.717) is 17.9 Å². The lowest BCUT2D eigenvalue weighted by atomic mass is 10.1. The molecule has 0 aliphatic rings. The minimum atomic E-state index is -0.376. The van der Waals surface area contributed by atoms with Crippen LogP contribution in [0.15, 0.2) is 18.2 Å². The monoisotopic (exact) mass is 510 g/mol. The molecular weight excluding hydrogens is 491 g/mol. The Balaban J connectivity index is 2.95. The van der Waals surface area contributed by atoms with Crippen molar-refractivity contribution in [3.63, 3.8) is 0 Å².